The summed E-state index contributed by atoms with van der Waals surface area (Å²) in [6, 6.07) is 3.30. The Morgan fingerprint density at radius 3 is 2.85 bits per heavy atom. The van der Waals surface area contributed by atoms with Gasteiger partial charge in [0.15, 0.2) is 17.4 Å². The molecule has 7 heteroatoms. The number of methoxy groups -OCH3 is 1. The van der Waals surface area contributed by atoms with Crippen molar-refractivity contribution in [3.8, 4) is 5.75 Å². The van der Waals surface area contributed by atoms with E-state index < -0.39 is 17.8 Å². The lowest BCUT2D eigenvalue weighted by Gasteiger charge is -2.17. The lowest BCUT2D eigenvalue weighted by atomic mass is 10.1. The molecule has 0 heterocycles. The van der Waals surface area contributed by atoms with Crippen molar-refractivity contribution < 1.29 is 19.1 Å². The van der Waals surface area contributed by atoms with Gasteiger partial charge >= 0.3 is 0 Å². The minimum atomic E-state index is -0.542. The summed E-state index contributed by atoms with van der Waals surface area (Å²) in [7, 11) is 1.32. The molecule has 0 spiro atoms. The summed E-state index contributed by atoms with van der Waals surface area (Å²) >= 11 is 0. The third-order valence-electron chi connectivity index (χ3n) is 3.23. The fourth-order valence-electron chi connectivity index (χ4n) is 1.95. The van der Waals surface area contributed by atoms with Gasteiger partial charge in [-0.15, -0.1) is 0 Å². The second-order valence-corrected chi connectivity index (χ2v) is 4.66. The highest BCUT2D eigenvalue weighted by molar-refractivity contribution is 5.98. The molecule has 0 bridgehead atoms. The quantitative estimate of drug-likeness (QED) is 0.326. The van der Waals surface area contributed by atoms with Crippen molar-refractivity contribution >= 4 is 11.7 Å². The number of rotatable bonds is 5. The molecular weight excluding hydrogens is 265 g/mol. The fourth-order valence-corrected chi connectivity index (χ4v) is 1.95. The molecule has 1 aliphatic rings. The van der Waals surface area contributed by atoms with Gasteiger partial charge in [-0.3, -0.25) is 4.79 Å². The fraction of sp³-hybridized carbons (Fsp3) is 0.385. The molecule has 2 rings (SSSR count). The minimum Gasteiger partial charge on any atom is -0.494 e. The van der Waals surface area contributed by atoms with Crippen molar-refractivity contribution in [2.24, 2.45) is 16.8 Å². The van der Waals surface area contributed by atoms with Gasteiger partial charge in [0.2, 0.25) is 0 Å². The first-order chi connectivity index (χ1) is 9.56. The predicted octanol–water partition coefficient (Wildman–Crippen LogP) is 1.09. The second-order valence-electron chi connectivity index (χ2n) is 4.66. The van der Waals surface area contributed by atoms with E-state index in [2.05, 4.69) is 10.5 Å². The van der Waals surface area contributed by atoms with E-state index in [1.54, 1.807) is 0 Å². The first-order valence-corrected chi connectivity index (χ1v) is 6.18. The number of oxime groups is 1. The number of halogens is 1. The topological polar surface area (TPSA) is 96.9 Å². The van der Waals surface area contributed by atoms with E-state index in [4.69, 9.17) is 15.7 Å². The molecule has 0 radical (unpaired) electrons. The monoisotopic (exact) mass is 281 g/mol. The smallest absolute Gasteiger partial charge is 0.252 e. The number of ether oxygens (including phenoxy) is 1. The van der Waals surface area contributed by atoms with Crippen LogP contribution in [0, 0.1) is 11.7 Å². The number of amides is 1. The van der Waals surface area contributed by atoms with E-state index in [0.29, 0.717) is 0 Å². The molecule has 1 unspecified atom stereocenters. The highest BCUT2D eigenvalue weighted by Crippen LogP contribution is 2.33. The molecule has 0 aliphatic heterocycles. The zero-order chi connectivity index (χ0) is 14.7. The highest BCUT2D eigenvalue weighted by Gasteiger charge is 2.35. The number of carbonyl (C=O) groups is 1. The van der Waals surface area contributed by atoms with Gasteiger partial charge in [0.05, 0.1) is 13.2 Å². The molecule has 1 saturated carbocycles. The molecule has 1 fully saturated rings. The molecule has 1 amide bonds. The number of nitrogens with one attached hydrogen (secondary N) is 1. The van der Waals surface area contributed by atoms with Gasteiger partial charge in [-0.05, 0) is 37.0 Å². The van der Waals surface area contributed by atoms with Gasteiger partial charge in [-0.2, -0.15) is 0 Å². The maximum absolute atomic E-state index is 13.3. The molecule has 6 nitrogen and oxygen atoms in total. The first kappa shape index (κ1) is 14.1. The number of benzene rings is 1. The number of amidine groups is 1. The second kappa shape index (κ2) is 5.77. The van der Waals surface area contributed by atoms with Gasteiger partial charge < -0.3 is 21.0 Å². The summed E-state index contributed by atoms with van der Waals surface area (Å²) in [5.41, 5.74) is 5.81. The molecule has 4 N–H and O–H groups in total. The van der Waals surface area contributed by atoms with Crippen LogP contribution in [0.25, 0.3) is 0 Å². The Balaban J connectivity index is 2.14. The largest absolute Gasteiger partial charge is 0.494 e. The lowest BCUT2D eigenvalue weighted by molar-refractivity contribution is 0.0942. The van der Waals surface area contributed by atoms with Crippen LogP contribution < -0.4 is 15.8 Å². The van der Waals surface area contributed by atoms with Crippen LogP contribution in [0.4, 0.5) is 4.39 Å². The van der Waals surface area contributed by atoms with Crippen LogP contribution in [0.2, 0.25) is 0 Å². The predicted molar refractivity (Wildman–Crippen MR) is 70.3 cm³/mol. The van der Waals surface area contributed by atoms with Gasteiger partial charge in [0.25, 0.3) is 5.91 Å². The molecule has 0 saturated heterocycles. The van der Waals surface area contributed by atoms with Gasteiger partial charge in [0.1, 0.15) is 0 Å². The van der Waals surface area contributed by atoms with Gasteiger partial charge in [-0.1, -0.05) is 5.16 Å². The molecule has 1 aromatic carbocycles. The third kappa shape index (κ3) is 2.98. The summed E-state index contributed by atoms with van der Waals surface area (Å²) in [6.45, 7) is 0. The van der Waals surface area contributed by atoms with Crippen molar-refractivity contribution in [1.29, 1.82) is 0 Å². The van der Waals surface area contributed by atoms with Gasteiger partial charge in [0, 0.05) is 5.56 Å². The standard InChI is InChI=1S/C13H16FN3O3/c1-20-10-6-8(4-5-9(10)14)13(18)16-11(7-2-3-7)12(15)17-19/h4-7,11,19H,2-3H2,1H3,(H2,15,17)(H,16,18). The van der Waals surface area contributed by atoms with E-state index in [1.165, 1.54) is 19.2 Å². The maximum atomic E-state index is 13.3. The van der Waals surface area contributed by atoms with Crippen molar-refractivity contribution in [1.82, 2.24) is 5.32 Å². The Labute approximate surface area is 115 Å². The number of nitrogens with zero attached hydrogens (tertiary/aromatic N) is 1. The van der Waals surface area contributed by atoms with E-state index >= 15 is 0 Å². The molecule has 0 aromatic heterocycles. The van der Waals surface area contributed by atoms with E-state index in [0.717, 1.165) is 18.9 Å². The van der Waals surface area contributed by atoms with Crippen molar-refractivity contribution in [3.63, 3.8) is 0 Å². The minimum absolute atomic E-state index is 0.00980. The SMILES string of the molecule is COc1cc(C(=O)NC(/C(N)=N/O)C2CC2)ccc1F. The van der Waals surface area contributed by atoms with Crippen LogP contribution in [0.15, 0.2) is 23.4 Å². The Hall–Kier alpha value is -2.31. The Bertz CT molecular complexity index is 544. The lowest BCUT2D eigenvalue weighted by Crippen LogP contribution is -2.46. The number of hydrogen-bond acceptors (Lipinski definition) is 4. The molecule has 1 aliphatic carbocycles. The maximum Gasteiger partial charge on any atom is 0.252 e. The Morgan fingerprint density at radius 1 is 1.60 bits per heavy atom. The van der Waals surface area contributed by atoms with Crippen LogP contribution >= 0.6 is 0 Å². The summed E-state index contributed by atoms with van der Waals surface area (Å²) < 4.78 is 18.1. The number of carbonyl (C=O) groups excluding carboxylic acids is 1. The Morgan fingerprint density at radius 2 is 2.30 bits per heavy atom. The molecule has 108 valence electrons. The number of nitrogens with two attached hydrogens (primary N) is 1. The third-order valence-corrected chi connectivity index (χ3v) is 3.23. The highest BCUT2D eigenvalue weighted by atomic mass is 19.1. The van der Waals surface area contributed by atoms with Gasteiger partial charge in [-0.25, -0.2) is 4.39 Å². The van der Waals surface area contributed by atoms with Crippen molar-refractivity contribution in [2.75, 3.05) is 7.11 Å². The zero-order valence-corrected chi connectivity index (χ0v) is 11.0. The van der Waals surface area contributed by atoms with Crippen LogP contribution in [0.1, 0.15) is 23.2 Å². The van der Waals surface area contributed by atoms with Crippen LogP contribution in [-0.4, -0.2) is 30.1 Å². The molecular formula is C13H16FN3O3. The molecule has 1 aromatic rings. The summed E-state index contributed by atoms with van der Waals surface area (Å²) in [6.07, 6.45) is 1.82. The van der Waals surface area contributed by atoms with Crippen LogP contribution in [0.3, 0.4) is 0 Å². The van der Waals surface area contributed by atoms with E-state index in [1.807, 2.05) is 0 Å². The first-order valence-electron chi connectivity index (χ1n) is 6.18. The van der Waals surface area contributed by atoms with Crippen LogP contribution in [-0.2, 0) is 0 Å². The average Bonchev–Trinajstić information content (AvgIpc) is 3.28. The summed E-state index contributed by atoms with van der Waals surface area (Å²) in [5, 5.41) is 14.3. The van der Waals surface area contributed by atoms with E-state index in [9.17, 15) is 9.18 Å². The molecule has 1 atom stereocenters. The van der Waals surface area contributed by atoms with Crippen LogP contribution in [0.5, 0.6) is 5.75 Å². The van der Waals surface area contributed by atoms with Crippen molar-refractivity contribution in [2.45, 2.75) is 18.9 Å². The normalized spacial score (nSPS) is 16.6. The number of hydrogen-bond donors (Lipinski definition) is 3. The van der Waals surface area contributed by atoms with E-state index in [-0.39, 0.29) is 23.1 Å². The summed E-state index contributed by atoms with van der Waals surface area (Å²) in [4.78, 5) is 12.1. The summed E-state index contributed by atoms with van der Waals surface area (Å²) in [5.74, 6) is -0.831. The van der Waals surface area contributed by atoms with Crippen molar-refractivity contribution in [3.05, 3.63) is 29.6 Å². The molecule has 20 heavy (non-hydrogen) atoms. The zero-order valence-electron chi connectivity index (χ0n) is 11.0. The average molecular weight is 281 g/mol. The Kier molecular flexibility index (Phi) is 4.07.